The van der Waals surface area contributed by atoms with E-state index < -0.39 is 0 Å². The molecule has 0 saturated carbocycles. The van der Waals surface area contributed by atoms with Crippen LogP contribution in [0, 0.1) is 5.82 Å². The number of hydrogen-bond acceptors (Lipinski definition) is 3. The Balaban J connectivity index is 0.00000450. The monoisotopic (exact) mass is 527 g/mol. The van der Waals surface area contributed by atoms with Crippen molar-refractivity contribution in [1.82, 2.24) is 20.9 Å². The van der Waals surface area contributed by atoms with Crippen LogP contribution in [-0.4, -0.2) is 50.5 Å². The van der Waals surface area contributed by atoms with Gasteiger partial charge >= 0.3 is 0 Å². The number of rotatable bonds is 9. The Bertz CT molecular complexity index is 829. The van der Waals surface area contributed by atoms with Crippen LogP contribution in [0.25, 0.3) is 0 Å². The highest BCUT2D eigenvalue weighted by Crippen LogP contribution is 2.06. The minimum absolute atomic E-state index is 0. The standard InChI is InChI=1S/C22H30FN5O.HI/c1-4-24-22(27-16-18-8-6-10-20(23)14-18)26-15-17-7-5-9-19(13-17)21(29)25-11-12-28(2)3;/h5-10,13-14H,4,11-12,15-16H2,1-3H3,(H,25,29)(H2,24,26,27);1H. The number of aliphatic imine (C=N–C) groups is 1. The summed E-state index contributed by atoms with van der Waals surface area (Å²) in [6, 6.07) is 13.9. The lowest BCUT2D eigenvalue weighted by atomic mass is 10.1. The lowest BCUT2D eigenvalue weighted by Gasteiger charge is -2.13. The van der Waals surface area contributed by atoms with E-state index >= 15 is 0 Å². The molecule has 0 saturated heterocycles. The lowest BCUT2D eigenvalue weighted by Crippen LogP contribution is -2.36. The highest BCUT2D eigenvalue weighted by molar-refractivity contribution is 14.0. The van der Waals surface area contributed by atoms with Crippen molar-refractivity contribution in [3.05, 3.63) is 71.0 Å². The summed E-state index contributed by atoms with van der Waals surface area (Å²) in [5.41, 5.74) is 2.41. The van der Waals surface area contributed by atoms with Crippen molar-refractivity contribution >= 4 is 35.8 Å². The number of likely N-dealkylation sites (N-methyl/N-ethyl adjacent to an activating group) is 1. The maximum Gasteiger partial charge on any atom is 0.251 e. The maximum absolute atomic E-state index is 13.3. The second-order valence-corrected chi connectivity index (χ2v) is 6.94. The Morgan fingerprint density at radius 2 is 1.77 bits per heavy atom. The van der Waals surface area contributed by atoms with E-state index in [1.165, 1.54) is 12.1 Å². The molecule has 0 aliphatic heterocycles. The van der Waals surface area contributed by atoms with Crippen molar-refractivity contribution < 1.29 is 9.18 Å². The van der Waals surface area contributed by atoms with Crippen LogP contribution in [0.15, 0.2) is 53.5 Å². The predicted octanol–water partition coefficient (Wildman–Crippen LogP) is 2.99. The molecular weight excluding hydrogens is 496 g/mol. The van der Waals surface area contributed by atoms with E-state index in [0.717, 1.165) is 17.7 Å². The van der Waals surface area contributed by atoms with Gasteiger partial charge in [-0.15, -0.1) is 24.0 Å². The van der Waals surface area contributed by atoms with Gasteiger partial charge in [0.1, 0.15) is 5.82 Å². The van der Waals surface area contributed by atoms with Gasteiger partial charge in [-0.3, -0.25) is 4.79 Å². The zero-order chi connectivity index (χ0) is 21.1. The number of nitrogens with zero attached hydrogens (tertiary/aromatic N) is 2. The third-order valence-electron chi connectivity index (χ3n) is 4.15. The fourth-order valence-electron chi connectivity index (χ4n) is 2.65. The zero-order valence-corrected chi connectivity index (χ0v) is 20.1. The Kier molecular flexibility index (Phi) is 12.0. The van der Waals surface area contributed by atoms with Crippen LogP contribution in [0.2, 0.25) is 0 Å². The van der Waals surface area contributed by atoms with E-state index in [1.54, 1.807) is 12.1 Å². The van der Waals surface area contributed by atoms with Crippen molar-refractivity contribution in [2.45, 2.75) is 20.0 Å². The van der Waals surface area contributed by atoms with Gasteiger partial charge in [-0.1, -0.05) is 24.3 Å². The third-order valence-corrected chi connectivity index (χ3v) is 4.15. The molecule has 0 fully saturated rings. The number of amides is 1. The second kappa shape index (κ2) is 13.9. The smallest absolute Gasteiger partial charge is 0.251 e. The minimum Gasteiger partial charge on any atom is -0.357 e. The minimum atomic E-state index is -0.267. The predicted molar refractivity (Wildman–Crippen MR) is 131 cm³/mol. The van der Waals surface area contributed by atoms with Crippen molar-refractivity contribution in [3.63, 3.8) is 0 Å². The third kappa shape index (κ3) is 9.53. The number of carbonyl (C=O) groups excluding carboxylic acids is 1. The van der Waals surface area contributed by atoms with E-state index in [1.807, 2.05) is 50.2 Å². The number of nitrogens with one attached hydrogen (secondary N) is 3. The molecule has 0 unspecified atom stereocenters. The average Bonchev–Trinajstić information content (AvgIpc) is 2.70. The van der Waals surface area contributed by atoms with Gasteiger partial charge in [0.25, 0.3) is 5.91 Å². The van der Waals surface area contributed by atoms with Gasteiger partial charge < -0.3 is 20.9 Å². The van der Waals surface area contributed by atoms with Crippen LogP contribution in [0.5, 0.6) is 0 Å². The van der Waals surface area contributed by atoms with Crippen LogP contribution in [0.3, 0.4) is 0 Å². The summed E-state index contributed by atoms with van der Waals surface area (Å²) in [6.45, 7) is 4.99. The molecule has 2 aromatic rings. The normalized spacial score (nSPS) is 11.0. The lowest BCUT2D eigenvalue weighted by molar-refractivity contribution is 0.0951. The number of hydrogen-bond donors (Lipinski definition) is 3. The van der Waals surface area contributed by atoms with Crippen LogP contribution < -0.4 is 16.0 Å². The molecule has 0 bridgehead atoms. The largest absolute Gasteiger partial charge is 0.357 e. The molecule has 0 atom stereocenters. The van der Waals surface area contributed by atoms with Gasteiger partial charge in [0.15, 0.2) is 5.96 Å². The first-order valence-electron chi connectivity index (χ1n) is 9.76. The molecule has 0 heterocycles. The van der Waals surface area contributed by atoms with Crippen LogP contribution >= 0.6 is 24.0 Å². The molecule has 164 valence electrons. The summed E-state index contributed by atoms with van der Waals surface area (Å²) in [5.74, 6) is 0.286. The summed E-state index contributed by atoms with van der Waals surface area (Å²) in [7, 11) is 3.94. The molecule has 0 spiro atoms. The first-order chi connectivity index (χ1) is 14.0. The molecule has 2 aromatic carbocycles. The Morgan fingerprint density at radius 3 is 2.47 bits per heavy atom. The number of guanidine groups is 1. The molecule has 3 N–H and O–H groups in total. The average molecular weight is 527 g/mol. The number of halogens is 2. The first-order valence-corrected chi connectivity index (χ1v) is 9.76. The summed E-state index contributed by atoms with van der Waals surface area (Å²) in [5, 5.41) is 9.35. The molecule has 1 amide bonds. The fraction of sp³-hybridized carbons (Fsp3) is 0.364. The second-order valence-electron chi connectivity index (χ2n) is 6.94. The Hall–Kier alpha value is -2.20. The SMILES string of the molecule is CCNC(=NCc1cccc(F)c1)NCc1cccc(C(=O)NCCN(C)C)c1.I. The molecule has 6 nitrogen and oxygen atoms in total. The maximum atomic E-state index is 13.3. The van der Waals surface area contributed by atoms with Gasteiger partial charge in [0.2, 0.25) is 0 Å². The molecule has 8 heteroatoms. The van der Waals surface area contributed by atoms with Crippen LogP contribution in [-0.2, 0) is 13.1 Å². The molecule has 0 aliphatic rings. The quantitative estimate of drug-likeness (QED) is 0.267. The number of carbonyl (C=O) groups is 1. The topological polar surface area (TPSA) is 68.8 Å². The molecule has 0 radical (unpaired) electrons. The fourth-order valence-corrected chi connectivity index (χ4v) is 2.65. The van der Waals surface area contributed by atoms with Crippen molar-refractivity contribution in [2.75, 3.05) is 33.7 Å². The molecule has 30 heavy (non-hydrogen) atoms. The van der Waals surface area contributed by atoms with E-state index in [2.05, 4.69) is 20.9 Å². The highest BCUT2D eigenvalue weighted by Gasteiger charge is 2.06. The van der Waals surface area contributed by atoms with Gasteiger partial charge in [-0.25, -0.2) is 9.38 Å². The first kappa shape index (κ1) is 25.8. The van der Waals surface area contributed by atoms with Crippen molar-refractivity contribution in [1.29, 1.82) is 0 Å². The zero-order valence-electron chi connectivity index (χ0n) is 17.7. The van der Waals surface area contributed by atoms with Gasteiger partial charge in [-0.2, -0.15) is 0 Å². The van der Waals surface area contributed by atoms with E-state index in [4.69, 9.17) is 0 Å². The molecular formula is C22H31FIN5O. The van der Waals surface area contributed by atoms with Gasteiger partial charge in [-0.05, 0) is 56.4 Å². The molecule has 0 aliphatic carbocycles. The van der Waals surface area contributed by atoms with Crippen LogP contribution in [0.1, 0.15) is 28.4 Å². The summed E-state index contributed by atoms with van der Waals surface area (Å²) in [4.78, 5) is 18.8. The van der Waals surface area contributed by atoms with E-state index in [0.29, 0.717) is 37.7 Å². The van der Waals surface area contributed by atoms with E-state index in [9.17, 15) is 9.18 Å². The summed E-state index contributed by atoms with van der Waals surface area (Å²) in [6.07, 6.45) is 0. The van der Waals surface area contributed by atoms with Gasteiger partial charge in [0, 0.05) is 31.7 Å². The van der Waals surface area contributed by atoms with Crippen LogP contribution in [0.4, 0.5) is 4.39 Å². The van der Waals surface area contributed by atoms with Crippen molar-refractivity contribution in [2.24, 2.45) is 4.99 Å². The summed E-state index contributed by atoms with van der Waals surface area (Å²) >= 11 is 0. The van der Waals surface area contributed by atoms with Crippen molar-refractivity contribution in [3.8, 4) is 0 Å². The summed E-state index contributed by atoms with van der Waals surface area (Å²) < 4.78 is 13.3. The Labute approximate surface area is 195 Å². The molecule has 2 rings (SSSR count). The Morgan fingerprint density at radius 1 is 1.03 bits per heavy atom. The van der Waals surface area contributed by atoms with E-state index in [-0.39, 0.29) is 35.7 Å². The highest BCUT2D eigenvalue weighted by atomic mass is 127. The molecule has 0 aromatic heterocycles. The van der Waals surface area contributed by atoms with Gasteiger partial charge in [0.05, 0.1) is 6.54 Å². The number of benzene rings is 2.